The summed E-state index contributed by atoms with van der Waals surface area (Å²) in [5, 5.41) is 16.1. The first-order chi connectivity index (χ1) is 11.0. The second-order valence-electron chi connectivity index (χ2n) is 5.58. The molecule has 0 spiro atoms. The van der Waals surface area contributed by atoms with Gasteiger partial charge in [-0.25, -0.2) is 4.79 Å². The topological polar surface area (TPSA) is 94.4 Å². The summed E-state index contributed by atoms with van der Waals surface area (Å²) < 4.78 is 4.88. The number of carbonyl (C=O) groups is 2. The molecule has 2 rings (SSSR count). The fourth-order valence-electron chi connectivity index (χ4n) is 2.11. The van der Waals surface area contributed by atoms with Gasteiger partial charge in [0.15, 0.2) is 0 Å². The fraction of sp³-hybridized carbons (Fsp3) is 0.294. The smallest absolute Gasteiger partial charge is 0.548 e. The molecule has 1 atom stereocenters. The third kappa shape index (κ3) is 6.41. The minimum Gasteiger partial charge on any atom is -0.548 e. The quantitative estimate of drug-likeness (QED) is 0.643. The van der Waals surface area contributed by atoms with E-state index in [2.05, 4.69) is 24.5 Å². The number of furan rings is 1. The van der Waals surface area contributed by atoms with Crippen molar-refractivity contribution in [2.24, 2.45) is 0 Å². The van der Waals surface area contributed by atoms with Crippen molar-refractivity contribution in [2.75, 3.05) is 5.32 Å². The summed E-state index contributed by atoms with van der Waals surface area (Å²) in [6, 6.07) is 7.30. The maximum absolute atomic E-state index is 11.9. The number of carboxylic acids is 1. The van der Waals surface area contributed by atoms with Gasteiger partial charge in [0.2, 0.25) is 0 Å². The third-order valence-electron chi connectivity index (χ3n) is 3.44. The Hall–Kier alpha value is -1.12. The van der Waals surface area contributed by atoms with Crippen molar-refractivity contribution in [1.29, 1.82) is 0 Å². The van der Waals surface area contributed by atoms with Crippen molar-refractivity contribution in [3.05, 3.63) is 54.0 Å². The van der Waals surface area contributed by atoms with E-state index in [1.807, 2.05) is 12.1 Å². The minimum atomic E-state index is -1.35. The Kier molecular flexibility index (Phi) is 8.72. The van der Waals surface area contributed by atoms with E-state index in [9.17, 15) is 14.7 Å². The molecule has 0 aliphatic rings. The third-order valence-corrected chi connectivity index (χ3v) is 3.44. The van der Waals surface area contributed by atoms with Gasteiger partial charge in [-0.15, -0.1) is 0 Å². The molecule has 0 aliphatic carbocycles. The average Bonchev–Trinajstić information content (AvgIpc) is 3.00. The zero-order valence-electron chi connectivity index (χ0n) is 14.0. The van der Waals surface area contributed by atoms with Gasteiger partial charge in [0.25, 0.3) is 0 Å². The number of urea groups is 1. The average molecular weight is 354 g/mol. The molecule has 122 valence electrons. The van der Waals surface area contributed by atoms with E-state index in [0.29, 0.717) is 17.2 Å². The number of carboxylic acid groups (broad SMARTS) is 1. The molecule has 2 amide bonds. The Bertz CT molecular complexity index is 654. The molecular weight excluding hydrogens is 335 g/mol. The second-order valence-corrected chi connectivity index (χ2v) is 5.58. The van der Waals surface area contributed by atoms with Crippen LogP contribution in [0.15, 0.2) is 47.3 Å². The van der Waals surface area contributed by atoms with Crippen LogP contribution in [0.5, 0.6) is 0 Å². The maximum atomic E-state index is 11.9. The van der Waals surface area contributed by atoms with Gasteiger partial charge in [0.1, 0.15) is 0 Å². The summed E-state index contributed by atoms with van der Waals surface area (Å²) in [5.41, 5.74) is 2.41. The van der Waals surface area contributed by atoms with E-state index in [1.165, 1.54) is 12.5 Å². The first-order valence-corrected chi connectivity index (χ1v) is 7.35. The molecule has 1 heterocycles. The van der Waals surface area contributed by atoms with Crippen LogP contribution in [0.3, 0.4) is 0 Å². The standard InChI is InChI=1S/C17H20N2O4.K/c1-11(2)13-3-5-14(6-4-13)18-17(22)19-15(16(20)21)9-12-7-8-23-10-12;/h3-8,10-11,15H,9H2,1-2H3,(H,20,21)(H2,18,19,22);/q;+1/p-1. The molecule has 0 fully saturated rings. The molecule has 6 nitrogen and oxygen atoms in total. The number of anilines is 1. The van der Waals surface area contributed by atoms with Gasteiger partial charge < -0.3 is 25.0 Å². The van der Waals surface area contributed by atoms with E-state index >= 15 is 0 Å². The number of rotatable bonds is 6. The van der Waals surface area contributed by atoms with Crippen molar-refractivity contribution in [3.63, 3.8) is 0 Å². The zero-order chi connectivity index (χ0) is 16.8. The largest absolute Gasteiger partial charge is 1.00 e. The predicted octanol–water partition coefficient (Wildman–Crippen LogP) is -1.11. The van der Waals surface area contributed by atoms with E-state index in [-0.39, 0.29) is 57.8 Å². The van der Waals surface area contributed by atoms with Gasteiger partial charge in [-0.3, -0.25) is 0 Å². The number of aliphatic carboxylic acids is 1. The normalized spacial score (nSPS) is 11.5. The SMILES string of the molecule is CC(C)c1ccc(NC(=O)NC(Cc2ccoc2)C(=O)[O-])cc1.[K+]. The number of benzene rings is 1. The summed E-state index contributed by atoms with van der Waals surface area (Å²) in [5.74, 6) is -0.952. The number of nitrogens with one attached hydrogen (secondary N) is 2. The van der Waals surface area contributed by atoms with Crippen LogP contribution in [-0.2, 0) is 11.2 Å². The molecule has 0 bridgehead atoms. The molecule has 2 N–H and O–H groups in total. The van der Waals surface area contributed by atoms with Crippen LogP contribution >= 0.6 is 0 Å². The summed E-state index contributed by atoms with van der Waals surface area (Å²) >= 11 is 0. The molecular formula is C17H19KN2O4. The van der Waals surface area contributed by atoms with Crippen LogP contribution < -0.4 is 67.1 Å². The molecule has 0 radical (unpaired) electrons. The molecule has 0 aliphatic heterocycles. The number of carbonyl (C=O) groups excluding carboxylic acids is 2. The number of amides is 2. The fourth-order valence-corrected chi connectivity index (χ4v) is 2.11. The summed E-state index contributed by atoms with van der Waals surface area (Å²) in [6.45, 7) is 4.16. The van der Waals surface area contributed by atoms with E-state index in [1.54, 1.807) is 18.2 Å². The first-order valence-electron chi connectivity index (χ1n) is 7.35. The van der Waals surface area contributed by atoms with Gasteiger partial charge >= 0.3 is 57.4 Å². The van der Waals surface area contributed by atoms with E-state index < -0.39 is 18.0 Å². The van der Waals surface area contributed by atoms with Gasteiger partial charge in [-0.2, -0.15) is 0 Å². The zero-order valence-corrected chi connectivity index (χ0v) is 17.2. The Morgan fingerprint density at radius 3 is 2.33 bits per heavy atom. The predicted molar refractivity (Wildman–Crippen MR) is 83.9 cm³/mol. The molecule has 1 unspecified atom stereocenters. The van der Waals surface area contributed by atoms with Gasteiger partial charge in [0, 0.05) is 12.1 Å². The molecule has 1 aromatic heterocycles. The van der Waals surface area contributed by atoms with Crippen molar-refractivity contribution in [3.8, 4) is 0 Å². The second kappa shape index (κ2) is 10.0. The van der Waals surface area contributed by atoms with Gasteiger partial charge in [-0.1, -0.05) is 26.0 Å². The van der Waals surface area contributed by atoms with Crippen LogP contribution in [0.1, 0.15) is 30.9 Å². The van der Waals surface area contributed by atoms with Gasteiger partial charge in [0.05, 0.1) is 24.5 Å². The minimum absolute atomic E-state index is 0. The van der Waals surface area contributed by atoms with Gasteiger partial charge in [-0.05, 0) is 35.2 Å². The summed E-state index contributed by atoms with van der Waals surface area (Å²) in [7, 11) is 0. The number of hydrogen-bond donors (Lipinski definition) is 2. The van der Waals surface area contributed by atoms with Crippen LogP contribution in [0.2, 0.25) is 0 Å². The van der Waals surface area contributed by atoms with Crippen LogP contribution in [-0.4, -0.2) is 18.0 Å². The van der Waals surface area contributed by atoms with E-state index in [4.69, 9.17) is 4.42 Å². The van der Waals surface area contributed by atoms with Crippen LogP contribution in [0, 0.1) is 0 Å². The number of hydrogen-bond acceptors (Lipinski definition) is 4. The summed E-state index contributed by atoms with van der Waals surface area (Å²) in [4.78, 5) is 23.1. The van der Waals surface area contributed by atoms with Crippen molar-refractivity contribution >= 4 is 17.7 Å². The van der Waals surface area contributed by atoms with E-state index in [0.717, 1.165) is 5.56 Å². The molecule has 2 aromatic rings. The molecule has 24 heavy (non-hydrogen) atoms. The molecule has 1 aromatic carbocycles. The maximum Gasteiger partial charge on any atom is 1.00 e. The molecule has 7 heteroatoms. The molecule has 0 saturated carbocycles. The van der Waals surface area contributed by atoms with Crippen molar-refractivity contribution in [2.45, 2.75) is 32.2 Å². The Labute approximate surface area is 183 Å². The Morgan fingerprint density at radius 2 is 1.83 bits per heavy atom. The molecule has 0 saturated heterocycles. The van der Waals surface area contributed by atoms with Crippen LogP contribution in [0.25, 0.3) is 0 Å². The van der Waals surface area contributed by atoms with Crippen molar-refractivity contribution in [1.82, 2.24) is 5.32 Å². The Balaban J connectivity index is 0.00000288. The summed E-state index contributed by atoms with van der Waals surface area (Å²) in [6.07, 6.45) is 2.97. The Morgan fingerprint density at radius 1 is 1.17 bits per heavy atom. The monoisotopic (exact) mass is 354 g/mol. The first kappa shape index (κ1) is 20.9. The van der Waals surface area contributed by atoms with Crippen molar-refractivity contribution < 1.29 is 70.5 Å². The van der Waals surface area contributed by atoms with Crippen LogP contribution in [0.4, 0.5) is 10.5 Å².